The molecule has 1 fully saturated rings. The molecule has 5 heteroatoms. The van der Waals surface area contributed by atoms with E-state index >= 15 is 0 Å². The Hall–Kier alpha value is -2.66. The maximum atomic E-state index is 4.44. The standard InChI is InChI=1S/C28H37N5/c1-7-32(6)22-11-8-20(9-12-22)21-10-13-25-23(14-21)26(17(2)3)27(31-25)24-15-33-28(29-16-30-33)19(5)18(24)4/h10,13-17,20,22,31H,7-9,11-12H2,1-6H3. The molecule has 33 heavy (non-hydrogen) atoms. The molecule has 5 rings (SSSR count). The smallest absolute Gasteiger partial charge is 0.158 e. The molecule has 1 aliphatic rings. The van der Waals surface area contributed by atoms with E-state index < -0.39 is 0 Å². The van der Waals surface area contributed by atoms with Gasteiger partial charge >= 0.3 is 0 Å². The molecule has 3 aromatic heterocycles. The van der Waals surface area contributed by atoms with Crippen molar-refractivity contribution in [2.75, 3.05) is 13.6 Å². The first-order valence-electron chi connectivity index (χ1n) is 12.5. The third kappa shape index (κ3) is 3.76. The van der Waals surface area contributed by atoms with E-state index in [1.807, 2.05) is 4.52 Å². The average Bonchev–Trinajstić information content (AvgIpc) is 3.45. The van der Waals surface area contributed by atoms with Gasteiger partial charge in [0, 0.05) is 28.7 Å². The van der Waals surface area contributed by atoms with Gasteiger partial charge in [0.25, 0.3) is 0 Å². The van der Waals surface area contributed by atoms with Crippen LogP contribution in [0, 0.1) is 13.8 Å². The molecule has 3 heterocycles. The number of benzene rings is 1. The number of rotatable bonds is 5. The Kier molecular flexibility index (Phi) is 5.77. The summed E-state index contributed by atoms with van der Waals surface area (Å²) in [6.45, 7) is 12.4. The summed E-state index contributed by atoms with van der Waals surface area (Å²) in [6, 6.07) is 7.90. The van der Waals surface area contributed by atoms with Gasteiger partial charge < -0.3 is 9.88 Å². The first kappa shape index (κ1) is 22.1. The fourth-order valence-electron chi connectivity index (χ4n) is 5.86. The lowest BCUT2D eigenvalue weighted by molar-refractivity contribution is 0.190. The van der Waals surface area contributed by atoms with Gasteiger partial charge in [-0.2, -0.15) is 5.10 Å². The monoisotopic (exact) mass is 443 g/mol. The SMILES string of the molecule is CCN(C)C1CCC(c2ccc3[nH]c(-c4cn5ncnc5c(C)c4C)c(C(C)C)c3c2)CC1. The normalized spacial score (nSPS) is 19.4. The Balaban J connectivity index is 1.56. The molecule has 0 spiro atoms. The van der Waals surface area contributed by atoms with Crippen molar-refractivity contribution in [1.29, 1.82) is 0 Å². The maximum absolute atomic E-state index is 4.44. The molecule has 5 nitrogen and oxygen atoms in total. The number of nitrogens with one attached hydrogen (secondary N) is 1. The van der Waals surface area contributed by atoms with Crippen molar-refractivity contribution < 1.29 is 0 Å². The van der Waals surface area contributed by atoms with E-state index in [0.717, 1.165) is 18.2 Å². The Morgan fingerprint density at radius 2 is 1.88 bits per heavy atom. The van der Waals surface area contributed by atoms with Crippen LogP contribution in [-0.2, 0) is 0 Å². The molecule has 0 saturated heterocycles. The highest BCUT2D eigenvalue weighted by atomic mass is 15.3. The molecule has 174 valence electrons. The van der Waals surface area contributed by atoms with Crippen LogP contribution in [0.1, 0.15) is 80.5 Å². The third-order valence-electron chi connectivity index (χ3n) is 8.13. The summed E-state index contributed by atoms with van der Waals surface area (Å²) < 4.78 is 1.91. The van der Waals surface area contributed by atoms with Crippen molar-refractivity contribution >= 4 is 16.6 Å². The molecule has 0 bridgehead atoms. The lowest BCUT2D eigenvalue weighted by atomic mass is 9.80. The number of nitrogens with zero attached hydrogens (tertiary/aromatic N) is 4. The second kappa shape index (κ2) is 8.60. The third-order valence-corrected chi connectivity index (χ3v) is 8.13. The Morgan fingerprint density at radius 1 is 1.12 bits per heavy atom. The lowest BCUT2D eigenvalue weighted by Gasteiger charge is -2.34. The van der Waals surface area contributed by atoms with Gasteiger partial charge in [0.1, 0.15) is 6.33 Å². The van der Waals surface area contributed by atoms with Crippen LogP contribution in [0.2, 0.25) is 0 Å². The van der Waals surface area contributed by atoms with Gasteiger partial charge in [-0.1, -0.05) is 26.8 Å². The Morgan fingerprint density at radius 3 is 2.58 bits per heavy atom. The van der Waals surface area contributed by atoms with Crippen molar-refractivity contribution in [2.45, 2.75) is 78.2 Å². The van der Waals surface area contributed by atoms with E-state index in [1.165, 1.54) is 70.1 Å². The first-order chi connectivity index (χ1) is 15.9. The van der Waals surface area contributed by atoms with Crippen LogP contribution in [0.15, 0.2) is 30.7 Å². The molecule has 0 radical (unpaired) electrons. The summed E-state index contributed by atoms with van der Waals surface area (Å²) >= 11 is 0. The summed E-state index contributed by atoms with van der Waals surface area (Å²) in [5, 5.41) is 5.80. The van der Waals surface area contributed by atoms with Crippen molar-refractivity contribution in [3.63, 3.8) is 0 Å². The topological polar surface area (TPSA) is 49.2 Å². The fourth-order valence-corrected chi connectivity index (χ4v) is 5.86. The second-order valence-electron chi connectivity index (χ2n) is 10.3. The maximum Gasteiger partial charge on any atom is 0.158 e. The number of aryl methyl sites for hydroxylation is 1. The van der Waals surface area contributed by atoms with Crippen molar-refractivity contribution in [2.24, 2.45) is 0 Å². The van der Waals surface area contributed by atoms with Crippen LogP contribution in [-0.4, -0.2) is 44.1 Å². The molecule has 1 aliphatic carbocycles. The van der Waals surface area contributed by atoms with Crippen LogP contribution in [0.4, 0.5) is 0 Å². The molecule has 1 N–H and O–H groups in total. The summed E-state index contributed by atoms with van der Waals surface area (Å²) in [4.78, 5) is 10.7. The van der Waals surface area contributed by atoms with E-state index in [4.69, 9.17) is 0 Å². The van der Waals surface area contributed by atoms with Crippen LogP contribution in [0.5, 0.6) is 0 Å². The zero-order chi connectivity index (χ0) is 23.3. The minimum absolute atomic E-state index is 0.420. The minimum atomic E-state index is 0.420. The Bertz CT molecular complexity index is 1290. The van der Waals surface area contributed by atoms with Gasteiger partial charge in [0.2, 0.25) is 0 Å². The van der Waals surface area contributed by atoms with E-state index in [-0.39, 0.29) is 0 Å². The molecule has 4 aromatic rings. The molecule has 0 unspecified atom stereocenters. The highest BCUT2D eigenvalue weighted by Gasteiger charge is 2.26. The number of aromatic nitrogens is 4. The van der Waals surface area contributed by atoms with Crippen molar-refractivity contribution in [3.05, 3.63) is 53.0 Å². The summed E-state index contributed by atoms with van der Waals surface area (Å²) in [5.41, 5.74) is 9.98. The number of fused-ring (bicyclic) bond motifs is 2. The molecular weight excluding hydrogens is 406 g/mol. The predicted octanol–water partition coefficient (Wildman–Crippen LogP) is 6.60. The van der Waals surface area contributed by atoms with Crippen LogP contribution >= 0.6 is 0 Å². The number of hydrogen-bond donors (Lipinski definition) is 1. The van der Waals surface area contributed by atoms with Gasteiger partial charge in [-0.25, -0.2) is 9.50 Å². The number of hydrogen-bond acceptors (Lipinski definition) is 3. The number of pyridine rings is 1. The van der Waals surface area contributed by atoms with Crippen LogP contribution in [0.25, 0.3) is 27.8 Å². The van der Waals surface area contributed by atoms with E-state index in [0.29, 0.717) is 11.8 Å². The average molecular weight is 444 g/mol. The quantitative estimate of drug-likeness (QED) is 0.378. The van der Waals surface area contributed by atoms with Gasteiger partial charge in [-0.3, -0.25) is 0 Å². The number of H-pyrrole nitrogens is 1. The molecule has 1 saturated carbocycles. The second-order valence-corrected chi connectivity index (χ2v) is 10.3. The van der Waals surface area contributed by atoms with Crippen LogP contribution < -0.4 is 0 Å². The highest BCUT2D eigenvalue weighted by Crippen LogP contribution is 2.41. The predicted molar refractivity (Wildman–Crippen MR) is 137 cm³/mol. The summed E-state index contributed by atoms with van der Waals surface area (Å²) in [5.74, 6) is 1.09. The molecule has 0 atom stereocenters. The molecule has 0 amide bonds. The summed E-state index contributed by atoms with van der Waals surface area (Å²) in [7, 11) is 2.27. The van der Waals surface area contributed by atoms with Gasteiger partial charge in [0.15, 0.2) is 5.65 Å². The lowest BCUT2D eigenvalue weighted by Crippen LogP contribution is -2.34. The van der Waals surface area contributed by atoms with E-state index in [1.54, 1.807) is 6.33 Å². The Labute approximate surface area is 197 Å². The van der Waals surface area contributed by atoms with Gasteiger partial charge in [0.05, 0.1) is 5.69 Å². The zero-order valence-electron chi connectivity index (χ0n) is 20.9. The largest absolute Gasteiger partial charge is 0.354 e. The highest BCUT2D eigenvalue weighted by molar-refractivity contribution is 5.92. The molecule has 0 aliphatic heterocycles. The van der Waals surface area contributed by atoms with E-state index in [2.05, 4.69) is 86.0 Å². The van der Waals surface area contributed by atoms with Crippen molar-refractivity contribution in [1.82, 2.24) is 24.5 Å². The van der Waals surface area contributed by atoms with Crippen LogP contribution in [0.3, 0.4) is 0 Å². The molecular formula is C28H37N5. The first-order valence-corrected chi connectivity index (χ1v) is 12.5. The molecule has 1 aromatic carbocycles. The van der Waals surface area contributed by atoms with E-state index in [9.17, 15) is 0 Å². The zero-order valence-corrected chi connectivity index (χ0v) is 20.9. The van der Waals surface area contributed by atoms with Crippen molar-refractivity contribution in [3.8, 4) is 11.3 Å². The van der Waals surface area contributed by atoms with Gasteiger partial charge in [-0.15, -0.1) is 0 Å². The minimum Gasteiger partial charge on any atom is -0.354 e. The summed E-state index contributed by atoms with van der Waals surface area (Å²) in [6.07, 6.45) is 8.96. The number of aromatic amines is 1. The van der Waals surface area contributed by atoms with Gasteiger partial charge in [-0.05, 0) is 99.3 Å². The fraction of sp³-hybridized carbons (Fsp3) is 0.500.